The first-order valence-corrected chi connectivity index (χ1v) is 10.7. The molecule has 0 spiro atoms. The second-order valence-electron chi connectivity index (χ2n) is 8.19. The minimum Gasteiger partial charge on any atom is -0.508 e. The molecule has 0 aromatic heterocycles. The summed E-state index contributed by atoms with van der Waals surface area (Å²) in [6, 6.07) is 9.65. The minimum atomic E-state index is -2.44. The average Bonchev–Trinajstić information content (AvgIpc) is 2.82. The van der Waals surface area contributed by atoms with E-state index in [0.29, 0.717) is 11.1 Å². The number of ether oxygens (including phenoxy) is 2. The maximum atomic E-state index is 12.3. The molecule has 2 unspecified atom stereocenters. The van der Waals surface area contributed by atoms with Crippen molar-refractivity contribution in [3.8, 4) is 17.2 Å². The van der Waals surface area contributed by atoms with E-state index in [4.69, 9.17) is 9.47 Å². The molecule has 6 N–H and O–H groups in total. The van der Waals surface area contributed by atoms with Crippen LogP contribution in [-0.4, -0.2) is 72.5 Å². The van der Waals surface area contributed by atoms with E-state index in [0.717, 1.165) is 12.2 Å². The molecule has 190 valence electrons. The molecule has 11 nitrogen and oxygen atoms in total. The van der Waals surface area contributed by atoms with Gasteiger partial charge in [-0.2, -0.15) is 0 Å². The number of phenols is 3. The van der Waals surface area contributed by atoms with Crippen molar-refractivity contribution >= 4 is 30.1 Å². The Hall–Kier alpha value is -4.35. The van der Waals surface area contributed by atoms with E-state index >= 15 is 0 Å². The van der Waals surface area contributed by atoms with E-state index in [2.05, 4.69) is 0 Å². The Morgan fingerprint density at radius 1 is 0.806 bits per heavy atom. The van der Waals surface area contributed by atoms with E-state index in [1.807, 2.05) is 0 Å². The molecule has 36 heavy (non-hydrogen) atoms. The summed E-state index contributed by atoms with van der Waals surface area (Å²) in [6.45, 7) is 0. The highest BCUT2D eigenvalue weighted by Crippen LogP contribution is 2.33. The molecule has 2 aromatic rings. The van der Waals surface area contributed by atoms with Crippen molar-refractivity contribution in [2.24, 2.45) is 0 Å². The van der Waals surface area contributed by atoms with Gasteiger partial charge in [-0.1, -0.05) is 18.2 Å². The summed E-state index contributed by atoms with van der Waals surface area (Å²) in [5, 5.41) is 58.7. The second-order valence-corrected chi connectivity index (χ2v) is 8.19. The Morgan fingerprint density at radius 2 is 1.31 bits per heavy atom. The monoisotopic (exact) mass is 500 g/mol. The number of aromatic hydroxyl groups is 3. The molecule has 1 fully saturated rings. The summed E-state index contributed by atoms with van der Waals surface area (Å²) < 4.78 is 10.3. The number of hydrogen-bond acceptors (Lipinski definition) is 10. The SMILES string of the molecule is O=C(/C=C/c1ccc(O)cc1)O[C@@H]1CC(O)(C(=O)O)C[C@@H](OC(=O)/C=C/c2ccc(O)c(O)c2)C1O. The molecule has 2 aromatic carbocycles. The topological polar surface area (TPSA) is 191 Å². The number of aliphatic hydroxyl groups is 2. The number of carboxylic acid groups (broad SMARTS) is 1. The number of carbonyl (C=O) groups is 3. The van der Waals surface area contributed by atoms with Crippen LogP contribution in [0.1, 0.15) is 24.0 Å². The van der Waals surface area contributed by atoms with Crippen molar-refractivity contribution in [3.05, 3.63) is 65.7 Å². The van der Waals surface area contributed by atoms with Gasteiger partial charge < -0.3 is 40.1 Å². The Labute approximate surface area is 204 Å². The number of phenolic OH excluding ortho intramolecular Hbond substituents is 3. The average molecular weight is 500 g/mol. The van der Waals surface area contributed by atoms with Crippen LogP contribution in [0.4, 0.5) is 0 Å². The smallest absolute Gasteiger partial charge is 0.335 e. The third-order valence-corrected chi connectivity index (χ3v) is 5.49. The fourth-order valence-corrected chi connectivity index (χ4v) is 3.56. The lowest BCUT2D eigenvalue weighted by Crippen LogP contribution is -2.58. The number of carboxylic acids is 1. The predicted molar refractivity (Wildman–Crippen MR) is 124 cm³/mol. The maximum absolute atomic E-state index is 12.3. The Morgan fingerprint density at radius 3 is 1.81 bits per heavy atom. The van der Waals surface area contributed by atoms with Crippen molar-refractivity contribution in [2.45, 2.75) is 36.8 Å². The molecule has 11 heteroatoms. The molecular formula is C25H24O11. The first-order valence-electron chi connectivity index (χ1n) is 10.7. The molecule has 0 aliphatic heterocycles. The minimum absolute atomic E-state index is 0.0321. The lowest BCUT2D eigenvalue weighted by molar-refractivity contribution is -0.203. The number of aliphatic carboxylic acids is 1. The van der Waals surface area contributed by atoms with Gasteiger partial charge in [-0.05, 0) is 47.5 Å². The van der Waals surface area contributed by atoms with Crippen LogP contribution < -0.4 is 0 Å². The van der Waals surface area contributed by atoms with E-state index in [1.54, 1.807) is 0 Å². The van der Waals surface area contributed by atoms with Crippen LogP contribution in [0.5, 0.6) is 17.2 Å². The maximum Gasteiger partial charge on any atom is 0.335 e. The Kier molecular flexibility index (Phi) is 7.97. The number of hydrogen-bond donors (Lipinski definition) is 6. The van der Waals surface area contributed by atoms with E-state index in [-0.39, 0.29) is 11.5 Å². The molecule has 1 aliphatic carbocycles. The van der Waals surface area contributed by atoms with Crippen LogP contribution in [0.3, 0.4) is 0 Å². The Bertz CT molecular complexity index is 1180. The predicted octanol–water partition coefficient (Wildman–Crippen LogP) is 1.32. The van der Waals surface area contributed by atoms with E-state index < -0.39 is 60.4 Å². The van der Waals surface area contributed by atoms with Crippen LogP contribution in [0.2, 0.25) is 0 Å². The quantitative estimate of drug-likeness (QED) is 0.183. The van der Waals surface area contributed by atoms with E-state index in [9.17, 15) is 45.0 Å². The first kappa shape index (κ1) is 26.3. The number of esters is 2. The fourth-order valence-electron chi connectivity index (χ4n) is 3.56. The lowest BCUT2D eigenvalue weighted by atomic mass is 9.79. The third-order valence-electron chi connectivity index (χ3n) is 5.49. The summed E-state index contributed by atoms with van der Waals surface area (Å²) in [4.78, 5) is 36.2. The molecule has 4 atom stereocenters. The van der Waals surface area contributed by atoms with Crippen molar-refractivity contribution in [1.82, 2.24) is 0 Å². The van der Waals surface area contributed by atoms with Crippen molar-refractivity contribution < 1.29 is 54.5 Å². The van der Waals surface area contributed by atoms with Crippen LogP contribution in [-0.2, 0) is 23.9 Å². The molecule has 0 heterocycles. The van der Waals surface area contributed by atoms with Gasteiger partial charge in [0.25, 0.3) is 0 Å². The standard InChI is InChI=1S/C25H24O11/c26-16-6-1-14(2-7-16)4-9-21(29)35-19-12-25(34,24(32)33)13-20(23(19)31)36-22(30)10-5-15-3-8-17(27)18(28)11-15/h1-11,19-20,23,26-28,31,34H,12-13H2,(H,32,33)/b9-4+,10-5+/t19-,20-,23?,25?/m1/s1. The molecule has 1 saturated carbocycles. The molecule has 0 bridgehead atoms. The highest BCUT2D eigenvalue weighted by Gasteiger charge is 2.52. The first-order chi connectivity index (χ1) is 17.0. The van der Waals surface area contributed by atoms with Gasteiger partial charge in [-0.15, -0.1) is 0 Å². The van der Waals surface area contributed by atoms with Crippen LogP contribution >= 0.6 is 0 Å². The van der Waals surface area contributed by atoms with Crippen LogP contribution in [0, 0.1) is 0 Å². The van der Waals surface area contributed by atoms with Crippen molar-refractivity contribution in [3.63, 3.8) is 0 Å². The van der Waals surface area contributed by atoms with E-state index in [1.165, 1.54) is 54.6 Å². The van der Waals surface area contributed by atoms with Gasteiger partial charge in [0.05, 0.1) is 0 Å². The second kappa shape index (κ2) is 10.9. The molecule has 0 saturated heterocycles. The zero-order valence-corrected chi connectivity index (χ0v) is 18.7. The zero-order valence-electron chi connectivity index (χ0n) is 18.7. The zero-order chi connectivity index (χ0) is 26.5. The lowest BCUT2D eigenvalue weighted by Gasteiger charge is -2.40. The molecule has 0 amide bonds. The van der Waals surface area contributed by atoms with Gasteiger partial charge in [0.15, 0.2) is 17.1 Å². The van der Waals surface area contributed by atoms with Crippen molar-refractivity contribution in [2.75, 3.05) is 0 Å². The Balaban J connectivity index is 1.70. The summed E-state index contributed by atoms with van der Waals surface area (Å²) in [5.41, 5.74) is -1.56. The summed E-state index contributed by atoms with van der Waals surface area (Å²) in [5.74, 6) is -4.33. The van der Waals surface area contributed by atoms with Crippen LogP contribution in [0.25, 0.3) is 12.2 Å². The van der Waals surface area contributed by atoms with Gasteiger partial charge in [0.2, 0.25) is 0 Å². The molecule has 1 aliphatic rings. The highest BCUT2D eigenvalue weighted by atomic mass is 16.6. The fraction of sp³-hybridized carbons (Fsp3) is 0.240. The van der Waals surface area contributed by atoms with Gasteiger partial charge in [-0.3, -0.25) is 0 Å². The highest BCUT2D eigenvalue weighted by molar-refractivity contribution is 5.88. The van der Waals surface area contributed by atoms with Crippen molar-refractivity contribution in [1.29, 1.82) is 0 Å². The summed E-state index contributed by atoms with van der Waals surface area (Å²) >= 11 is 0. The molecule has 3 rings (SSSR count). The number of rotatable bonds is 7. The molecular weight excluding hydrogens is 476 g/mol. The van der Waals surface area contributed by atoms with Gasteiger partial charge in [-0.25, -0.2) is 14.4 Å². The largest absolute Gasteiger partial charge is 0.508 e. The van der Waals surface area contributed by atoms with Gasteiger partial charge >= 0.3 is 17.9 Å². The molecule has 0 radical (unpaired) electrons. The number of benzene rings is 2. The van der Waals surface area contributed by atoms with Gasteiger partial charge in [0.1, 0.15) is 24.1 Å². The summed E-state index contributed by atoms with van der Waals surface area (Å²) in [7, 11) is 0. The third kappa shape index (κ3) is 6.62. The normalized spacial score (nSPS) is 24.0. The number of aliphatic hydroxyl groups excluding tert-OH is 1. The summed E-state index contributed by atoms with van der Waals surface area (Å²) in [6.07, 6.45) is -1.39. The van der Waals surface area contributed by atoms with Crippen LogP contribution in [0.15, 0.2) is 54.6 Å². The number of carbonyl (C=O) groups excluding carboxylic acids is 2. The van der Waals surface area contributed by atoms with Gasteiger partial charge in [0, 0.05) is 25.0 Å².